The van der Waals surface area contributed by atoms with E-state index in [0.29, 0.717) is 12.5 Å². The Hall–Kier alpha value is -2.43. The predicted octanol–water partition coefficient (Wildman–Crippen LogP) is 2.58. The number of anilines is 1. The molecule has 5 nitrogen and oxygen atoms in total. The minimum Gasteiger partial charge on any atom is -0.370 e. The zero-order valence-corrected chi connectivity index (χ0v) is 12.7. The number of guanidine groups is 1. The van der Waals surface area contributed by atoms with Crippen LogP contribution < -0.4 is 11.1 Å². The Morgan fingerprint density at radius 1 is 1.24 bits per heavy atom. The monoisotopic (exact) mass is 283 g/mol. The molecule has 0 aliphatic heterocycles. The van der Waals surface area contributed by atoms with Crippen molar-refractivity contribution in [2.75, 3.05) is 5.32 Å². The molecule has 0 aliphatic carbocycles. The highest BCUT2D eigenvalue weighted by Gasteiger charge is 2.00. The van der Waals surface area contributed by atoms with Gasteiger partial charge in [0.15, 0.2) is 5.96 Å². The largest absolute Gasteiger partial charge is 0.370 e. The number of aryl methyl sites for hydroxylation is 3. The van der Waals surface area contributed by atoms with E-state index in [1.165, 1.54) is 5.56 Å². The molecule has 0 saturated carbocycles. The van der Waals surface area contributed by atoms with Crippen molar-refractivity contribution in [3.8, 4) is 0 Å². The number of nitrogens with two attached hydrogens (primary N) is 1. The van der Waals surface area contributed by atoms with Crippen molar-refractivity contribution in [2.24, 2.45) is 10.7 Å². The second-order valence-electron chi connectivity index (χ2n) is 4.93. The van der Waals surface area contributed by atoms with Crippen LogP contribution in [0.4, 0.5) is 5.69 Å². The molecule has 1 heterocycles. The molecule has 0 saturated heterocycles. The lowest BCUT2D eigenvalue weighted by Gasteiger charge is -2.07. The van der Waals surface area contributed by atoms with Crippen LogP contribution in [0.3, 0.4) is 0 Å². The van der Waals surface area contributed by atoms with Crippen LogP contribution in [0.5, 0.6) is 0 Å². The van der Waals surface area contributed by atoms with Gasteiger partial charge in [0, 0.05) is 11.4 Å². The van der Waals surface area contributed by atoms with Crippen molar-refractivity contribution in [2.45, 2.75) is 33.7 Å². The van der Waals surface area contributed by atoms with E-state index in [2.05, 4.69) is 39.3 Å². The zero-order chi connectivity index (χ0) is 15.2. The minimum absolute atomic E-state index is 0.386. The van der Waals surface area contributed by atoms with Crippen molar-refractivity contribution in [1.29, 1.82) is 0 Å². The number of rotatable bonds is 4. The summed E-state index contributed by atoms with van der Waals surface area (Å²) in [5, 5.41) is 3.10. The van der Waals surface area contributed by atoms with E-state index in [9.17, 15) is 0 Å². The number of hydrogen-bond acceptors (Lipinski definition) is 3. The van der Waals surface area contributed by atoms with Gasteiger partial charge in [0.2, 0.25) is 0 Å². The molecule has 0 radical (unpaired) electrons. The van der Waals surface area contributed by atoms with Crippen LogP contribution in [0.15, 0.2) is 35.3 Å². The Morgan fingerprint density at radius 3 is 2.76 bits per heavy atom. The number of aromatic nitrogens is 2. The van der Waals surface area contributed by atoms with Gasteiger partial charge in [-0.3, -0.25) is 0 Å². The number of hydrogen-bond donors (Lipinski definition) is 2. The van der Waals surface area contributed by atoms with Gasteiger partial charge in [-0.2, -0.15) is 0 Å². The second-order valence-corrected chi connectivity index (χ2v) is 4.93. The first-order valence-electron chi connectivity index (χ1n) is 7.04. The molecule has 0 atom stereocenters. The van der Waals surface area contributed by atoms with E-state index in [-0.39, 0.29) is 0 Å². The average molecular weight is 283 g/mol. The van der Waals surface area contributed by atoms with Crippen LogP contribution in [0.1, 0.15) is 29.7 Å². The van der Waals surface area contributed by atoms with Crippen molar-refractivity contribution >= 4 is 11.6 Å². The quantitative estimate of drug-likeness (QED) is 0.668. The molecule has 3 N–H and O–H groups in total. The molecule has 0 spiro atoms. The summed E-state index contributed by atoms with van der Waals surface area (Å²) in [5.74, 6) is 1.14. The standard InChI is InChI=1S/C16H21N5/c1-4-13-6-5-7-14(9-13)21-16(17)18-10-15-8-11(2)19-12(3)20-15/h5-9H,4,10H2,1-3H3,(H3,17,18,21). The summed E-state index contributed by atoms with van der Waals surface area (Å²) < 4.78 is 0. The first-order valence-corrected chi connectivity index (χ1v) is 7.04. The smallest absolute Gasteiger partial charge is 0.193 e. The number of nitrogens with one attached hydrogen (secondary N) is 1. The van der Waals surface area contributed by atoms with Crippen molar-refractivity contribution in [3.05, 3.63) is 53.1 Å². The third kappa shape index (κ3) is 4.56. The van der Waals surface area contributed by atoms with Crippen molar-refractivity contribution < 1.29 is 0 Å². The minimum atomic E-state index is 0.386. The van der Waals surface area contributed by atoms with Gasteiger partial charge >= 0.3 is 0 Å². The zero-order valence-electron chi connectivity index (χ0n) is 12.7. The fraction of sp³-hybridized carbons (Fsp3) is 0.312. The Morgan fingerprint density at radius 2 is 2.05 bits per heavy atom. The molecular weight excluding hydrogens is 262 g/mol. The molecule has 21 heavy (non-hydrogen) atoms. The Labute approximate surface area is 125 Å². The SMILES string of the molecule is CCc1cccc(NC(N)=NCc2cc(C)nc(C)n2)c1. The van der Waals surface area contributed by atoms with Crippen molar-refractivity contribution in [1.82, 2.24) is 9.97 Å². The lowest BCUT2D eigenvalue weighted by molar-refractivity contribution is 0.906. The molecule has 1 aromatic carbocycles. The fourth-order valence-electron chi connectivity index (χ4n) is 2.10. The normalized spacial score (nSPS) is 11.5. The molecule has 2 aromatic rings. The van der Waals surface area contributed by atoms with Gasteiger partial charge in [-0.05, 0) is 44.0 Å². The lowest BCUT2D eigenvalue weighted by Crippen LogP contribution is -2.22. The first-order chi connectivity index (χ1) is 10.1. The summed E-state index contributed by atoms with van der Waals surface area (Å²) in [4.78, 5) is 12.9. The van der Waals surface area contributed by atoms with E-state index in [4.69, 9.17) is 5.73 Å². The topological polar surface area (TPSA) is 76.2 Å². The molecular formula is C16H21N5. The van der Waals surface area contributed by atoms with Crippen LogP contribution in [0.25, 0.3) is 0 Å². The molecule has 0 amide bonds. The molecule has 0 aliphatic rings. The fourth-order valence-corrected chi connectivity index (χ4v) is 2.10. The number of aliphatic imine (C=N–C) groups is 1. The van der Waals surface area contributed by atoms with Gasteiger partial charge in [0.25, 0.3) is 0 Å². The van der Waals surface area contributed by atoms with Crippen LogP contribution >= 0.6 is 0 Å². The van der Waals surface area contributed by atoms with Gasteiger partial charge in [-0.1, -0.05) is 19.1 Å². The molecule has 110 valence electrons. The van der Waals surface area contributed by atoms with Gasteiger partial charge in [0.05, 0.1) is 12.2 Å². The van der Waals surface area contributed by atoms with E-state index in [1.807, 2.05) is 32.0 Å². The number of nitrogens with zero attached hydrogens (tertiary/aromatic N) is 3. The average Bonchev–Trinajstić information content (AvgIpc) is 2.44. The maximum Gasteiger partial charge on any atom is 0.193 e. The summed E-state index contributed by atoms with van der Waals surface area (Å²) in [5.41, 5.74) is 9.93. The van der Waals surface area contributed by atoms with Gasteiger partial charge < -0.3 is 11.1 Å². The van der Waals surface area contributed by atoms with Gasteiger partial charge in [0.1, 0.15) is 5.82 Å². The summed E-state index contributed by atoms with van der Waals surface area (Å²) in [6.07, 6.45) is 0.992. The van der Waals surface area contributed by atoms with Gasteiger partial charge in [-0.25, -0.2) is 15.0 Å². The lowest BCUT2D eigenvalue weighted by atomic mass is 10.1. The summed E-state index contributed by atoms with van der Waals surface area (Å²) in [6, 6.07) is 10.1. The van der Waals surface area contributed by atoms with E-state index < -0.39 is 0 Å². The summed E-state index contributed by atoms with van der Waals surface area (Å²) in [6.45, 7) is 6.38. The van der Waals surface area contributed by atoms with E-state index in [1.54, 1.807) is 0 Å². The van der Waals surface area contributed by atoms with E-state index >= 15 is 0 Å². The van der Waals surface area contributed by atoms with Crippen LogP contribution in [0.2, 0.25) is 0 Å². The third-order valence-corrected chi connectivity index (χ3v) is 3.04. The predicted molar refractivity (Wildman–Crippen MR) is 86.3 cm³/mol. The summed E-state index contributed by atoms with van der Waals surface area (Å²) in [7, 11) is 0. The van der Waals surface area contributed by atoms with Crippen LogP contribution in [-0.4, -0.2) is 15.9 Å². The molecule has 2 rings (SSSR count). The Balaban J connectivity index is 2.03. The Bertz CT molecular complexity index is 629. The maximum atomic E-state index is 5.92. The van der Waals surface area contributed by atoms with Gasteiger partial charge in [-0.15, -0.1) is 0 Å². The second kappa shape index (κ2) is 6.83. The first kappa shape index (κ1) is 15.0. The third-order valence-electron chi connectivity index (χ3n) is 3.04. The molecule has 0 fully saturated rings. The number of benzene rings is 1. The molecule has 0 unspecified atom stereocenters. The highest BCUT2D eigenvalue weighted by atomic mass is 15.1. The van der Waals surface area contributed by atoms with Crippen LogP contribution in [0, 0.1) is 13.8 Å². The van der Waals surface area contributed by atoms with Crippen LogP contribution in [-0.2, 0) is 13.0 Å². The molecule has 0 bridgehead atoms. The molecule has 1 aromatic heterocycles. The summed E-state index contributed by atoms with van der Waals surface area (Å²) >= 11 is 0. The highest BCUT2D eigenvalue weighted by molar-refractivity contribution is 5.92. The van der Waals surface area contributed by atoms with E-state index in [0.717, 1.165) is 29.3 Å². The maximum absolute atomic E-state index is 5.92. The highest BCUT2D eigenvalue weighted by Crippen LogP contribution is 2.10. The Kier molecular flexibility index (Phi) is 4.87. The molecule has 5 heteroatoms. The van der Waals surface area contributed by atoms with Crippen molar-refractivity contribution in [3.63, 3.8) is 0 Å².